The standard InChI is InChI=1S/C33H31Cl2N5O4/c34-27-12-11-25(19-28(27)35)40-33(26(13-15-41)31(39-40)24-7-3-14-37-20-24)44-16-4-8-30(42)38-29(32(36)43)18-21-9-10-22-5-1-2-6-23(22)17-21/h1-3,5-7,9-12,14,17,19-20,29,41H,4,8,13,15-16,18H2,(H2,36,43)(H,38,42)/t29-/m0/s1. The molecule has 2 aromatic heterocycles. The third-order valence-electron chi connectivity index (χ3n) is 7.10. The Balaban J connectivity index is 1.28. The van der Waals surface area contributed by atoms with E-state index < -0.39 is 11.9 Å². The lowest BCUT2D eigenvalue weighted by atomic mass is 10.0. The molecule has 0 aliphatic carbocycles. The zero-order chi connectivity index (χ0) is 31.1. The number of aliphatic hydroxyl groups excluding tert-OH is 1. The summed E-state index contributed by atoms with van der Waals surface area (Å²) in [4.78, 5) is 29.2. The number of nitrogens with one attached hydrogen (secondary N) is 1. The second kappa shape index (κ2) is 14.4. The number of aromatic nitrogens is 3. The topological polar surface area (TPSA) is 132 Å². The molecule has 2 heterocycles. The van der Waals surface area contributed by atoms with Crippen molar-refractivity contribution in [2.24, 2.45) is 5.73 Å². The number of halogens is 2. The summed E-state index contributed by atoms with van der Waals surface area (Å²) >= 11 is 12.4. The maximum atomic E-state index is 12.8. The van der Waals surface area contributed by atoms with Gasteiger partial charge in [-0.2, -0.15) is 5.10 Å². The molecule has 0 aliphatic rings. The molecule has 0 unspecified atom stereocenters. The van der Waals surface area contributed by atoms with Gasteiger partial charge in [0, 0.05) is 49.4 Å². The number of fused-ring (bicyclic) bond motifs is 1. The molecule has 0 fully saturated rings. The van der Waals surface area contributed by atoms with E-state index in [1.54, 1.807) is 41.3 Å². The summed E-state index contributed by atoms with van der Waals surface area (Å²) in [6.07, 6.45) is 4.36. The van der Waals surface area contributed by atoms with Crippen molar-refractivity contribution in [1.29, 1.82) is 0 Å². The van der Waals surface area contributed by atoms with E-state index in [2.05, 4.69) is 10.3 Å². The predicted molar refractivity (Wildman–Crippen MR) is 171 cm³/mol. The SMILES string of the molecule is NC(=O)[C@H](Cc1ccc2ccccc2c1)NC(=O)CCCOc1c(CCO)c(-c2cccnc2)nn1-c1ccc(Cl)c(Cl)c1. The highest BCUT2D eigenvalue weighted by molar-refractivity contribution is 6.42. The molecule has 1 atom stereocenters. The number of amides is 2. The minimum absolute atomic E-state index is 0.104. The predicted octanol–water partition coefficient (Wildman–Crippen LogP) is 5.30. The fourth-order valence-electron chi connectivity index (χ4n) is 4.94. The number of aliphatic hydroxyl groups is 1. The minimum Gasteiger partial charge on any atom is -0.477 e. The first-order valence-corrected chi connectivity index (χ1v) is 14.9. The monoisotopic (exact) mass is 631 g/mol. The Kier molecular flexibility index (Phi) is 10.1. The number of hydrogen-bond acceptors (Lipinski definition) is 6. The zero-order valence-electron chi connectivity index (χ0n) is 23.7. The molecular weight excluding hydrogens is 601 g/mol. The number of benzene rings is 3. The average molecular weight is 633 g/mol. The van der Waals surface area contributed by atoms with Gasteiger partial charge in [-0.3, -0.25) is 14.6 Å². The third-order valence-corrected chi connectivity index (χ3v) is 7.84. The first-order chi connectivity index (χ1) is 21.3. The molecule has 5 rings (SSSR count). The van der Waals surface area contributed by atoms with Crippen LogP contribution in [0.15, 0.2) is 85.2 Å². The van der Waals surface area contributed by atoms with Crippen LogP contribution in [0.2, 0.25) is 10.0 Å². The molecule has 4 N–H and O–H groups in total. The normalized spacial score (nSPS) is 11.8. The van der Waals surface area contributed by atoms with E-state index in [4.69, 9.17) is 38.8 Å². The summed E-state index contributed by atoms with van der Waals surface area (Å²) in [5.41, 5.74) is 9.17. The Labute approximate surface area is 264 Å². The van der Waals surface area contributed by atoms with Crippen LogP contribution in [0.5, 0.6) is 5.88 Å². The Morgan fingerprint density at radius 2 is 1.82 bits per heavy atom. The Hall–Kier alpha value is -4.44. The lowest BCUT2D eigenvalue weighted by molar-refractivity contribution is -0.127. The highest BCUT2D eigenvalue weighted by Crippen LogP contribution is 2.34. The molecule has 0 saturated carbocycles. The van der Waals surface area contributed by atoms with E-state index >= 15 is 0 Å². The molecule has 0 saturated heterocycles. The molecule has 0 spiro atoms. The van der Waals surface area contributed by atoms with Gasteiger partial charge in [0.1, 0.15) is 11.7 Å². The fourth-order valence-corrected chi connectivity index (χ4v) is 5.23. The number of rotatable bonds is 13. The van der Waals surface area contributed by atoms with Gasteiger partial charge in [-0.25, -0.2) is 4.68 Å². The number of nitrogens with zero attached hydrogens (tertiary/aromatic N) is 3. The highest BCUT2D eigenvalue weighted by atomic mass is 35.5. The van der Waals surface area contributed by atoms with E-state index in [1.807, 2.05) is 48.5 Å². The van der Waals surface area contributed by atoms with Gasteiger partial charge in [0.2, 0.25) is 17.7 Å². The van der Waals surface area contributed by atoms with E-state index in [-0.39, 0.29) is 38.4 Å². The van der Waals surface area contributed by atoms with Crippen molar-refractivity contribution < 1.29 is 19.4 Å². The summed E-state index contributed by atoms with van der Waals surface area (Å²) in [5.74, 6) is -0.518. The summed E-state index contributed by atoms with van der Waals surface area (Å²) in [7, 11) is 0. The van der Waals surface area contributed by atoms with Crippen LogP contribution < -0.4 is 15.8 Å². The summed E-state index contributed by atoms with van der Waals surface area (Å²) in [5, 5.41) is 20.3. The van der Waals surface area contributed by atoms with Crippen LogP contribution in [0.25, 0.3) is 27.7 Å². The van der Waals surface area contributed by atoms with Crippen LogP contribution in [0.4, 0.5) is 0 Å². The molecule has 0 radical (unpaired) electrons. The van der Waals surface area contributed by atoms with Gasteiger partial charge in [-0.15, -0.1) is 0 Å². The molecule has 9 nitrogen and oxygen atoms in total. The Bertz CT molecular complexity index is 1780. The first kappa shape index (κ1) is 31.0. The molecule has 226 valence electrons. The van der Waals surface area contributed by atoms with Crippen molar-refractivity contribution in [3.8, 4) is 22.8 Å². The molecule has 11 heteroatoms. The van der Waals surface area contributed by atoms with Crippen molar-refractivity contribution in [2.75, 3.05) is 13.2 Å². The highest BCUT2D eigenvalue weighted by Gasteiger charge is 2.23. The lowest BCUT2D eigenvalue weighted by Crippen LogP contribution is -2.45. The first-order valence-electron chi connectivity index (χ1n) is 14.1. The number of ether oxygens (including phenoxy) is 1. The maximum Gasteiger partial charge on any atom is 0.240 e. The number of carbonyl (C=O) groups excluding carboxylic acids is 2. The van der Waals surface area contributed by atoms with Gasteiger partial charge >= 0.3 is 0 Å². The van der Waals surface area contributed by atoms with Gasteiger partial charge in [0.25, 0.3) is 0 Å². The van der Waals surface area contributed by atoms with Gasteiger partial charge in [-0.1, -0.05) is 65.7 Å². The van der Waals surface area contributed by atoms with Crippen LogP contribution in [0.3, 0.4) is 0 Å². The average Bonchev–Trinajstić information content (AvgIpc) is 3.38. The molecule has 44 heavy (non-hydrogen) atoms. The van der Waals surface area contributed by atoms with Crippen LogP contribution in [-0.2, 0) is 22.4 Å². The molecule has 3 aromatic carbocycles. The van der Waals surface area contributed by atoms with E-state index in [1.165, 1.54) is 0 Å². The Morgan fingerprint density at radius 3 is 2.55 bits per heavy atom. The van der Waals surface area contributed by atoms with Gasteiger partial charge in [0.15, 0.2) is 0 Å². The third kappa shape index (κ3) is 7.37. The molecule has 5 aromatic rings. The van der Waals surface area contributed by atoms with Crippen LogP contribution in [-0.4, -0.2) is 50.9 Å². The van der Waals surface area contributed by atoms with Gasteiger partial charge < -0.3 is 20.9 Å². The smallest absolute Gasteiger partial charge is 0.240 e. The molecule has 0 aliphatic heterocycles. The minimum atomic E-state index is -0.848. The second-order valence-electron chi connectivity index (χ2n) is 10.2. The van der Waals surface area contributed by atoms with Crippen molar-refractivity contribution in [1.82, 2.24) is 20.1 Å². The summed E-state index contributed by atoms with van der Waals surface area (Å²) < 4.78 is 7.81. The van der Waals surface area contributed by atoms with Crippen LogP contribution in [0.1, 0.15) is 24.0 Å². The largest absolute Gasteiger partial charge is 0.477 e. The van der Waals surface area contributed by atoms with Crippen molar-refractivity contribution >= 4 is 45.8 Å². The van der Waals surface area contributed by atoms with Crippen LogP contribution in [0, 0.1) is 0 Å². The number of primary amides is 1. The van der Waals surface area contributed by atoms with Gasteiger partial charge in [0.05, 0.1) is 22.3 Å². The summed E-state index contributed by atoms with van der Waals surface area (Å²) in [6.45, 7) is 0.0298. The number of hydrogen-bond donors (Lipinski definition) is 3. The quantitative estimate of drug-likeness (QED) is 0.151. The van der Waals surface area contributed by atoms with Crippen molar-refractivity contribution in [3.05, 3.63) is 106 Å². The van der Waals surface area contributed by atoms with Gasteiger partial charge in [-0.05, 0) is 53.1 Å². The van der Waals surface area contributed by atoms with E-state index in [9.17, 15) is 14.7 Å². The molecule has 2 amide bonds. The number of pyridine rings is 1. The fraction of sp³-hybridized carbons (Fsp3) is 0.212. The van der Waals surface area contributed by atoms with Crippen LogP contribution >= 0.6 is 23.2 Å². The van der Waals surface area contributed by atoms with E-state index in [0.29, 0.717) is 39.3 Å². The van der Waals surface area contributed by atoms with Crippen molar-refractivity contribution in [3.63, 3.8) is 0 Å². The molecular formula is C33H31Cl2N5O4. The lowest BCUT2D eigenvalue weighted by Gasteiger charge is -2.16. The van der Waals surface area contributed by atoms with Crippen molar-refractivity contribution in [2.45, 2.75) is 31.7 Å². The number of carbonyl (C=O) groups is 2. The van der Waals surface area contributed by atoms with E-state index in [0.717, 1.165) is 21.9 Å². The maximum absolute atomic E-state index is 12.8. The summed E-state index contributed by atoms with van der Waals surface area (Å²) in [6, 6.07) is 21.7. The Morgan fingerprint density at radius 1 is 1.00 bits per heavy atom. The molecule has 0 bridgehead atoms. The zero-order valence-corrected chi connectivity index (χ0v) is 25.3. The number of nitrogens with two attached hydrogens (primary N) is 1. The second-order valence-corrected chi connectivity index (χ2v) is 11.0.